The van der Waals surface area contributed by atoms with Gasteiger partial charge in [0.15, 0.2) is 5.65 Å². The molecule has 1 saturated heterocycles. The molecule has 0 aliphatic carbocycles. The largest absolute Gasteiger partial charge is 0.381 e. The number of amides is 2. The van der Waals surface area contributed by atoms with Gasteiger partial charge in [-0.3, -0.25) is 9.59 Å². The quantitative estimate of drug-likeness (QED) is 0.471. The Morgan fingerprint density at radius 1 is 1.23 bits per heavy atom. The molecule has 6 rings (SSSR count). The van der Waals surface area contributed by atoms with E-state index in [1.165, 1.54) is 0 Å². The number of nitrogens with zero attached hydrogens (tertiary/aromatic N) is 5. The third-order valence-corrected chi connectivity index (χ3v) is 6.71. The molecule has 1 atom stereocenters. The Kier molecular flexibility index (Phi) is 5.06. The van der Waals surface area contributed by atoms with Crippen molar-refractivity contribution < 1.29 is 14.3 Å². The van der Waals surface area contributed by atoms with Crippen molar-refractivity contribution in [2.75, 3.05) is 25.1 Å². The van der Waals surface area contributed by atoms with Crippen LogP contribution in [-0.2, 0) is 17.8 Å². The number of carbonyl (C=O) groups excluding carboxylic acids is 2. The zero-order chi connectivity index (χ0) is 24.2. The normalized spacial score (nSPS) is 19.5. The summed E-state index contributed by atoms with van der Waals surface area (Å²) < 4.78 is 9.26. The molecule has 2 amide bonds. The van der Waals surface area contributed by atoms with Crippen LogP contribution in [0.1, 0.15) is 41.2 Å². The summed E-state index contributed by atoms with van der Waals surface area (Å²) in [6.07, 6.45) is 4.43. The predicted molar refractivity (Wildman–Crippen MR) is 130 cm³/mol. The molecule has 2 aliphatic rings. The molecule has 10 heteroatoms. The summed E-state index contributed by atoms with van der Waals surface area (Å²) in [4.78, 5) is 34.8. The molecule has 2 aliphatic heterocycles. The van der Waals surface area contributed by atoms with Gasteiger partial charge in [0.2, 0.25) is 0 Å². The fourth-order valence-electron chi connectivity index (χ4n) is 4.84. The first kappa shape index (κ1) is 21.7. The number of ether oxygens (including phenoxy) is 1. The van der Waals surface area contributed by atoms with Crippen molar-refractivity contribution in [2.24, 2.45) is 11.3 Å². The molecule has 0 bridgehead atoms. The lowest BCUT2D eigenvalue weighted by molar-refractivity contribution is 0.0942. The molecule has 6 heterocycles. The van der Waals surface area contributed by atoms with Crippen molar-refractivity contribution in [1.82, 2.24) is 29.6 Å². The molecule has 2 N–H and O–H groups in total. The number of fused-ring (bicyclic) bond motifs is 4. The molecule has 0 aromatic carbocycles. The maximum Gasteiger partial charge on any atom is 0.274 e. The van der Waals surface area contributed by atoms with E-state index in [9.17, 15) is 9.59 Å². The molecular weight excluding hydrogens is 446 g/mol. The third kappa shape index (κ3) is 4.03. The lowest BCUT2D eigenvalue weighted by Crippen LogP contribution is -2.31. The minimum atomic E-state index is -0.337. The predicted octanol–water partition coefficient (Wildman–Crippen LogP) is 2.84. The monoisotopic (exact) mass is 473 g/mol. The average molecular weight is 474 g/mol. The Morgan fingerprint density at radius 2 is 2.11 bits per heavy atom. The van der Waals surface area contributed by atoms with Gasteiger partial charge >= 0.3 is 0 Å². The molecule has 4 aromatic heterocycles. The van der Waals surface area contributed by atoms with Crippen LogP contribution in [0, 0.1) is 11.3 Å². The fraction of sp³-hybridized carbons (Fsp3) is 0.400. The molecule has 0 radical (unpaired) electrons. The molecule has 180 valence electrons. The van der Waals surface area contributed by atoms with E-state index < -0.39 is 0 Å². The minimum Gasteiger partial charge on any atom is -0.381 e. The van der Waals surface area contributed by atoms with Gasteiger partial charge in [-0.15, -0.1) is 0 Å². The van der Waals surface area contributed by atoms with Crippen molar-refractivity contribution in [3.63, 3.8) is 0 Å². The lowest BCUT2D eigenvalue weighted by Gasteiger charge is -2.22. The Bertz CT molecular complexity index is 1460. The van der Waals surface area contributed by atoms with Crippen LogP contribution in [0.5, 0.6) is 0 Å². The van der Waals surface area contributed by atoms with Gasteiger partial charge in [0.05, 0.1) is 24.7 Å². The number of rotatable bonds is 4. The van der Waals surface area contributed by atoms with E-state index in [1.54, 1.807) is 18.5 Å². The molecular formula is C25H27N7O3. The Balaban J connectivity index is 1.26. The maximum absolute atomic E-state index is 13.1. The smallest absolute Gasteiger partial charge is 0.274 e. The maximum atomic E-state index is 13.1. The first-order chi connectivity index (χ1) is 16.9. The van der Waals surface area contributed by atoms with E-state index in [4.69, 9.17) is 4.74 Å². The summed E-state index contributed by atoms with van der Waals surface area (Å²) in [5, 5.41) is 12.0. The number of pyridine rings is 2. The van der Waals surface area contributed by atoms with E-state index in [-0.39, 0.29) is 22.9 Å². The van der Waals surface area contributed by atoms with Gasteiger partial charge in [-0.1, -0.05) is 13.8 Å². The Hall–Kier alpha value is -3.79. The zero-order valence-electron chi connectivity index (χ0n) is 19.7. The topological polar surface area (TPSA) is 116 Å². The second-order valence-electron chi connectivity index (χ2n) is 10.2. The second-order valence-corrected chi connectivity index (χ2v) is 10.2. The number of carbonyl (C=O) groups is 2. The van der Waals surface area contributed by atoms with E-state index in [1.807, 2.05) is 27.4 Å². The van der Waals surface area contributed by atoms with Crippen LogP contribution in [0.4, 0.5) is 5.69 Å². The van der Waals surface area contributed by atoms with Crippen molar-refractivity contribution in [3.8, 4) is 0 Å². The Labute approximate surface area is 201 Å². The number of hydrogen-bond acceptors (Lipinski definition) is 6. The van der Waals surface area contributed by atoms with Gasteiger partial charge < -0.3 is 19.9 Å². The van der Waals surface area contributed by atoms with Crippen molar-refractivity contribution in [2.45, 2.75) is 33.4 Å². The molecule has 0 spiro atoms. The summed E-state index contributed by atoms with van der Waals surface area (Å²) in [6.45, 7) is 7.71. The first-order valence-electron chi connectivity index (χ1n) is 11.9. The molecule has 0 saturated carbocycles. The third-order valence-electron chi connectivity index (χ3n) is 6.71. The fourth-order valence-corrected chi connectivity index (χ4v) is 4.84. The van der Waals surface area contributed by atoms with Crippen LogP contribution in [0.25, 0.3) is 22.1 Å². The number of hydrogen-bond donors (Lipinski definition) is 2. The highest BCUT2D eigenvalue weighted by molar-refractivity contribution is 6.05. The minimum absolute atomic E-state index is 0.125. The lowest BCUT2D eigenvalue weighted by atomic mass is 9.94. The van der Waals surface area contributed by atoms with Gasteiger partial charge in [0.25, 0.3) is 11.8 Å². The van der Waals surface area contributed by atoms with Crippen LogP contribution in [0.15, 0.2) is 36.7 Å². The summed E-state index contributed by atoms with van der Waals surface area (Å²) in [6, 6.07) is 7.20. The SMILES string of the molecule is CC1(C)CNC(=O)c2cc3ccc(C(=O)Nc4cnc5c(cnn5CC5CCOC5)c4)nc3n2C1. The number of anilines is 1. The molecule has 10 nitrogen and oxygen atoms in total. The molecule has 1 unspecified atom stereocenters. The summed E-state index contributed by atoms with van der Waals surface area (Å²) in [5.41, 5.74) is 2.69. The second kappa shape index (κ2) is 8.16. The number of aromatic nitrogens is 5. The van der Waals surface area contributed by atoms with Gasteiger partial charge in [-0.05, 0) is 30.7 Å². The van der Waals surface area contributed by atoms with Crippen LogP contribution in [0.2, 0.25) is 0 Å². The highest BCUT2D eigenvalue weighted by Gasteiger charge is 2.29. The van der Waals surface area contributed by atoms with Crippen molar-refractivity contribution in [1.29, 1.82) is 0 Å². The average Bonchev–Trinajstić information content (AvgIpc) is 3.56. The highest BCUT2D eigenvalue weighted by Crippen LogP contribution is 2.27. The highest BCUT2D eigenvalue weighted by atomic mass is 16.5. The standard InChI is InChI=1S/C25H27N7O3/c1-25(2)13-27-24(34)20-8-16-3-4-19(30-22(16)31(20)14-25)23(33)29-18-7-17-9-28-32(21(17)26-10-18)11-15-5-6-35-12-15/h3-4,7-10,15H,5-6,11-14H2,1-2H3,(H,27,34)(H,29,33). The van der Waals surface area contributed by atoms with Crippen LogP contribution in [-0.4, -0.2) is 55.9 Å². The molecule has 4 aromatic rings. The van der Waals surface area contributed by atoms with E-state index in [0.717, 1.165) is 42.6 Å². The van der Waals surface area contributed by atoms with Crippen LogP contribution < -0.4 is 10.6 Å². The molecule has 1 fully saturated rings. The van der Waals surface area contributed by atoms with Crippen molar-refractivity contribution >= 4 is 39.6 Å². The molecule has 35 heavy (non-hydrogen) atoms. The summed E-state index contributed by atoms with van der Waals surface area (Å²) in [7, 11) is 0. The Morgan fingerprint density at radius 3 is 2.94 bits per heavy atom. The van der Waals surface area contributed by atoms with Crippen molar-refractivity contribution in [3.05, 3.63) is 48.0 Å². The van der Waals surface area contributed by atoms with Gasteiger partial charge in [-0.2, -0.15) is 5.10 Å². The summed E-state index contributed by atoms with van der Waals surface area (Å²) >= 11 is 0. The van der Waals surface area contributed by atoms with E-state index in [0.29, 0.717) is 36.0 Å². The van der Waals surface area contributed by atoms with E-state index in [2.05, 4.69) is 39.5 Å². The van der Waals surface area contributed by atoms with E-state index >= 15 is 0 Å². The number of nitrogens with one attached hydrogen (secondary N) is 2. The van der Waals surface area contributed by atoms with Gasteiger partial charge in [0, 0.05) is 48.3 Å². The summed E-state index contributed by atoms with van der Waals surface area (Å²) in [5.74, 6) is -0.0163. The van der Waals surface area contributed by atoms with Gasteiger partial charge in [-0.25, -0.2) is 14.6 Å². The zero-order valence-corrected chi connectivity index (χ0v) is 19.7. The first-order valence-corrected chi connectivity index (χ1v) is 11.9. The van der Waals surface area contributed by atoms with Crippen LogP contribution in [0.3, 0.4) is 0 Å². The van der Waals surface area contributed by atoms with Crippen LogP contribution >= 0.6 is 0 Å². The van der Waals surface area contributed by atoms with Gasteiger partial charge in [0.1, 0.15) is 17.0 Å².